The van der Waals surface area contributed by atoms with Crippen LogP contribution < -0.4 is 15.2 Å². The molecule has 2 N–H and O–H groups in total. The van der Waals surface area contributed by atoms with Crippen LogP contribution in [0, 0.1) is 0 Å². The Hall–Kier alpha value is -1.43. The van der Waals surface area contributed by atoms with Gasteiger partial charge in [-0.3, -0.25) is 0 Å². The summed E-state index contributed by atoms with van der Waals surface area (Å²) in [6, 6.07) is 4.84. The van der Waals surface area contributed by atoms with Gasteiger partial charge >= 0.3 is 6.18 Å². The quantitative estimate of drug-likeness (QED) is 0.917. The highest BCUT2D eigenvalue weighted by Gasteiger charge is 2.26. The molecule has 0 saturated carbocycles. The van der Waals surface area contributed by atoms with E-state index in [1.54, 1.807) is 18.2 Å². The normalized spacial score (nSPS) is 16.2. The Balaban J connectivity index is 1.94. The van der Waals surface area contributed by atoms with E-state index < -0.39 is 18.6 Å². The number of fused-ring (bicyclic) bond motifs is 1. The molecule has 19 heavy (non-hydrogen) atoms. The Bertz CT molecular complexity index is 434. The minimum atomic E-state index is -4.12. The molecule has 0 fully saturated rings. The molecule has 1 aromatic rings. The lowest BCUT2D eigenvalue weighted by atomic mass is 10.0. The molecule has 0 radical (unpaired) electrons. The summed E-state index contributed by atoms with van der Waals surface area (Å²) in [5.74, 6) is 1.26. The molecule has 0 saturated heterocycles. The second kappa shape index (κ2) is 5.69. The molecule has 0 spiro atoms. The maximum Gasteiger partial charge on any atom is 0.389 e. The molecule has 1 aromatic carbocycles. The molecule has 1 atom stereocenters. The van der Waals surface area contributed by atoms with Crippen molar-refractivity contribution in [2.24, 2.45) is 5.73 Å². The van der Waals surface area contributed by atoms with Gasteiger partial charge in [-0.1, -0.05) is 6.07 Å². The Kier molecular flexibility index (Phi) is 4.19. The highest BCUT2D eigenvalue weighted by atomic mass is 19.4. The van der Waals surface area contributed by atoms with E-state index >= 15 is 0 Å². The Morgan fingerprint density at radius 2 is 1.84 bits per heavy atom. The predicted octanol–water partition coefficient (Wildman–Crippen LogP) is 3.19. The van der Waals surface area contributed by atoms with Crippen molar-refractivity contribution < 1.29 is 22.6 Å². The molecule has 1 heterocycles. The lowest BCUT2D eigenvalue weighted by Gasteiger charge is -2.20. The average Bonchev–Trinajstić information content (AvgIpc) is 2.36. The Labute approximate surface area is 109 Å². The van der Waals surface area contributed by atoms with Gasteiger partial charge in [-0.2, -0.15) is 13.2 Å². The van der Waals surface area contributed by atoms with Gasteiger partial charge in [-0.15, -0.1) is 0 Å². The summed E-state index contributed by atoms with van der Waals surface area (Å²) >= 11 is 0. The monoisotopic (exact) mass is 275 g/mol. The third kappa shape index (κ3) is 4.02. The van der Waals surface area contributed by atoms with Gasteiger partial charge in [0.25, 0.3) is 0 Å². The Morgan fingerprint density at radius 3 is 2.53 bits per heavy atom. The zero-order valence-corrected chi connectivity index (χ0v) is 10.4. The van der Waals surface area contributed by atoms with Gasteiger partial charge in [-0.05, 0) is 30.5 Å². The SMILES string of the molecule is NC(CCCC(F)(F)F)c1ccc2c(c1)OCCO2. The minimum Gasteiger partial charge on any atom is -0.486 e. The van der Waals surface area contributed by atoms with Crippen LogP contribution in [0.1, 0.15) is 30.9 Å². The van der Waals surface area contributed by atoms with Crippen molar-refractivity contribution in [3.8, 4) is 11.5 Å². The standard InChI is InChI=1S/C13H16F3NO2/c14-13(15,16)5-1-2-10(17)9-3-4-11-12(8-9)19-7-6-18-11/h3-4,8,10H,1-2,5-7,17H2. The topological polar surface area (TPSA) is 44.5 Å². The molecule has 106 valence electrons. The predicted molar refractivity (Wildman–Crippen MR) is 64.3 cm³/mol. The van der Waals surface area contributed by atoms with Crippen LogP contribution >= 0.6 is 0 Å². The van der Waals surface area contributed by atoms with Crippen LogP contribution in [-0.4, -0.2) is 19.4 Å². The summed E-state index contributed by atoms with van der Waals surface area (Å²) in [7, 11) is 0. The van der Waals surface area contributed by atoms with E-state index in [0.717, 1.165) is 5.56 Å². The van der Waals surface area contributed by atoms with Crippen LogP contribution in [0.2, 0.25) is 0 Å². The molecular formula is C13H16F3NO2. The smallest absolute Gasteiger partial charge is 0.389 e. The van der Waals surface area contributed by atoms with Crippen LogP contribution in [-0.2, 0) is 0 Å². The number of ether oxygens (including phenoxy) is 2. The molecule has 6 heteroatoms. The number of rotatable bonds is 4. The van der Waals surface area contributed by atoms with E-state index in [1.165, 1.54) is 0 Å². The summed E-state index contributed by atoms with van der Waals surface area (Å²) < 4.78 is 47.0. The van der Waals surface area contributed by atoms with E-state index in [9.17, 15) is 13.2 Å². The maximum absolute atomic E-state index is 12.1. The van der Waals surface area contributed by atoms with E-state index in [1.807, 2.05) is 0 Å². The van der Waals surface area contributed by atoms with Gasteiger partial charge in [0.2, 0.25) is 0 Å². The molecule has 0 bridgehead atoms. The molecule has 0 aliphatic carbocycles. The first kappa shape index (κ1) is 14.0. The van der Waals surface area contributed by atoms with Crippen LogP contribution in [0.25, 0.3) is 0 Å². The van der Waals surface area contributed by atoms with Crippen molar-refractivity contribution in [3.05, 3.63) is 23.8 Å². The van der Waals surface area contributed by atoms with Crippen LogP contribution in [0.3, 0.4) is 0 Å². The first-order chi connectivity index (χ1) is 8.96. The van der Waals surface area contributed by atoms with Crippen LogP contribution in [0.4, 0.5) is 13.2 Å². The average molecular weight is 275 g/mol. The van der Waals surface area contributed by atoms with E-state index in [0.29, 0.717) is 31.1 Å². The fraction of sp³-hybridized carbons (Fsp3) is 0.538. The highest BCUT2D eigenvalue weighted by molar-refractivity contribution is 5.44. The molecule has 1 unspecified atom stereocenters. The summed E-state index contributed by atoms with van der Waals surface area (Å²) in [4.78, 5) is 0. The number of hydrogen-bond acceptors (Lipinski definition) is 3. The van der Waals surface area contributed by atoms with E-state index in [4.69, 9.17) is 15.2 Å². The van der Waals surface area contributed by atoms with Crippen LogP contribution in [0.15, 0.2) is 18.2 Å². The van der Waals surface area contributed by atoms with Crippen molar-refractivity contribution in [2.75, 3.05) is 13.2 Å². The van der Waals surface area contributed by atoms with Gasteiger partial charge in [0.05, 0.1) is 0 Å². The molecule has 0 aromatic heterocycles. The number of hydrogen-bond donors (Lipinski definition) is 1. The fourth-order valence-corrected chi connectivity index (χ4v) is 1.98. The van der Waals surface area contributed by atoms with Crippen molar-refractivity contribution in [2.45, 2.75) is 31.5 Å². The van der Waals surface area contributed by atoms with E-state index in [2.05, 4.69) is 0 Å². The number of benzene rings is 1. The largest absolute Gasteiger partial charge is 0.486 e. The molecule has 1 aliphatic rings. The minimum absolute atomic E-state index is 0.0269. The Morgan fingerprint density at radius 1 is 1.16 bits per heavy atom. The summed E-state index contributed by atoms with van der Waals surface area (Å²) in [5, 5.41) is 0. The molecule has 1 aliphatic heterocycles. The van der Waals surface area contributed by atoms with Gasteiger partial charge in [0.15, 0.2) is 11.5 Å². The second-order valence-electron chi connectivity index (χ2n) is 4.52. The van der Waals surface area contributed by atoms with Crippen molar-refractivity contribution in [1.82, 2.24) is 0 Å². The van der Waals surface area contributed by atoms with Crippen molar-refractivity contribution >= 4 is 0 Å². The molecule has 0 amide bonds. The lowest BCUT2D eigenvalue weighted by molar-refractivity contribution is -0.135. The van der Waals surface area contributed by atoms with E-state index in [-0.39, 0.29) is 6.42 Å². The van der Waals surface area contributed by atoms with Gasteiger partial charge in [0.1, 0.15) is 13.2 Å². The zero-order chi connectivity index (χ0) is 13.9. The summed E-state index contributed by atoms with van der Waals surface area (Å²) in [6.07, 6.45) is -4.60. The number of nitrogens with two attached hydrogens (primary N) is 1. The zero-order valence-electron chi connectivity index (χ0n) is 10.4. The van der Waals surface area contributed by atoms with Crippen molar-refractivity contribution in [3.63, 3.8) is 0 Å². The number of alkyl halides is 3. The first-order valence-electron chi connectivity index (χ1n) is 6.17. The molecular weight excluding hydrogens is 259 g/mol. The third-order valence-electron chi connectivity index (χ3n) is 2.97. The lowest BCUT2D eigenvalue weighted by Crippen LogP contribution is -2.17. The summed E-state index contributed by atoms with van der Waals surface area (Å²) in [5.41, 5.74) is 6.66. The first-order valence-corrected chi connectivity index (χ1v) is 6.17. The van der Waals surface area contributed by atoms with Gasteiger partial charge in [0, 0.05) is 12.5 Å². The summed E-state index contributed by atoms with van der Waals surface area (Å²) in [6.45, 7) is 0.976. The van der Waals surface area contributed by atoms with Crippen molar-refractivity contribution in [1.29, 1.82) is 0 Å². The van der Waals surface area contributed by atoms with Crippen LogP contribution in [0.5, 0.6) is 11.5 Å². The fourth-order valence-electron chi connectivity index (χ4n) is 1.98. The third-order valence-corrected chi connectivity index (χ3v) is 2.97. The van der Waals surface area contributed by atoms with Gasteiger partial charge < -0.3 is 15.2 Å². The highest BCUT2D eigenvalue weighted by Crippen LogP contribution is 2.33. The molecule has 3 nitrogen and oxygen atoms in total. The second-order valence-corrected chi connectivity index (χ2v) is 4.52. The van der Waals surface area contributed by atoms with Gasteiger partial charge in [-0.25, -0.2) is 0 Å². The number of halogens is 3. The maximum atomic E-state index is 12.1. The molecule has 2 rings (SSSR count).